The van der Waals surface area contributed by atoms with Crippen molar-refractivity contribution in [2.24, 2.45) is 39.8 Å². The van der Waals surface area contributed by atoms with Gasteiger partial charge < -0.3 is 31.0 Å². The van der Waals surface area contributed by atoms with Crippen molar-refractivity contribution in [2.75, 3.05) is 19.6 Å². The molecule has 0 aromatic rings. The molecule has 3 aliphatic carbocycles. The number of carbonyl (C=O) groups is 2. The summed E-state index contributed by atoms with van der Waals surface area (Å²) in [6.07, 6.45) is 4.90. The Hall–Kier alpha value is -2.16. The molecule has 42 heavy (non-hydrogen) atoms. The molecule has 2 amide bonds. The summed E-state index contributed by atoms with van der Waals surface area (Å²) in [5.74, 6) is 0.0402. The van der Waals surface area contributed by atoms with Gasteiger partial charge in [0.2, 0.25) is 11.8 Å². The highest BCUT2D eigenvalue weighted by atomic mass is 35.5. The molecule has 6 N–H and O–H groups in total. The Morgan fingerprint density at radius 2 is 1.88 bits per heavy atom. The molecule has 3 saturated carbocycles. The summed E-state index contributed by atoms with van der Waals surface area (Å²) in [5, 5.41) is 19.2. The molecule has 2 heterocycles. The van der Waals surface area contributed by atoms with E-state index in [2.05, 4.69) is 55.6 Å². The lowest BCUT2D eigenvalue weighted by Crippen LogP contribution is -2.65. The molecular formula is C27H49BClN7O6. The predicted octanol–water partition coefficient (Wildman–Crippen LogP) is 1.57. The fourth-order valence-corrected chi connectivity index (χ4v) is 7.37. The summed E-state index contributed by atoms with van der Waals surface area (Å²) >= 11 is 0. The van der Waals surface area contributed by atoms with E-state index in [1.54, 1.807) is 5.43 Å². The van der Waals surface area contributed by atoms with Crippen molar-refractivity contribution in [3.63, 3.8) is 0 Å². The normalized spacial score (nSPS) is 29.9. The van der Waals surface area contributed by atoms with Crippen LogP contribution in [0.2, 0.25) is 0 Å². The number of aliphatic imine (C=N–C) groups is 1. The zero-order valence-corrected chi connectivity index (χ0v) is 26.3. The standard InChI is InChI=1S/C27H48BN7O6.ClH/c1-16(2)13-22(28-40-21-15-18-14-20(26(18,3)4)27(21,5)41-28)33-24(37)19(7-6-10-31-25(29)34-35(38)39)32-23(36)17-8-11-30-12-9-17;/h16-22,30H,6-15H2,1-5H3,(H,32,36)(H,33,37)(H3,29,31,34);1H/t18-,19-,20-,21+,22-,27-;/m0./s1. The topological polar surface area (TPSA) is 182 Å². The number of rotatable bonds is 12. The van der Waals surface area contributed by atoms with Gasteiger partial charge >= 0.3 is 7.12 Å². The molecule has 15 heteroatoms. The first-order valence-corrected chi connectivity index (χ1v) is 15.2. The molecule has 5 rings (SSSR count). The van der Waals surface area contributed by atoms with Crippen LogP contribution in [-0.2, 0) is 18.9 Å². The fraction of sp³-hybridized carbons (Fsp3) is 0.889. The molecule has 5 aliphatic rings. The maximum atomic E-state index is 13.7. The number of nitrogens with two attached hydrogens (primary N) is 1. The molecular weight excluding hydrogens is 565 g/mol. The van der Waals surface area contributed by atoms with Crippen LogP contribution in [0.5, 0.6) is 0 Å². The van der Waals surface area contributed by atoms with E-state index in [9.17, 15) is 19.7 Å². The molecule has 0 aromatic heterocycles. The third kappa shape index (κ3) is 7.67. The number of guanidine groups is 1. The number of amides is 2. The van der Waals surface area contributed by atoms with E-state index in [-0.39, 0.29) is 71.6 Å². The lowest BCUT2D eigenvalue weighted by atomic mass is 9.43. The van der Waals surface area contributed by atoms with Gasteiger partial charge in [-0.25, -0.2) is 15.1 Å². The summed E-state index contributed by atoms with van der Waals surface area (Å²) in [4.78, 5) is 41.4. The largest absolute Gasteiger partial charge is 0.481 e. The second-order valence-electron chi connectivity index (χ2n) is 13.4. The molecule has 0 spiro atoms. The van der Waals surface area contributed by atoms with E-state index in [1.807, 2.05) is 0 Å². The summed E-state index contributed by atoms with van der Waals surface area (Å²) < 4.78 is 13.2. The van der Waals surface area contributed by atoms with Gasteiger partial charge in [0.1, 0.15) is 6.04 Å². The Morgan fingerprint density at radius 3 is 2.50 bits per heavy atom. The average Bonchev–Trinajstić information content (AvgIpc) is 3.26. The quantitative estimate of drug-likeness (QED) is 0.0545. The molecule has 0 aromatic carbocycles. The van der Waals surface area contributed by atoms with Crippen molar-refractivity contribution in [3.05, 3.63) is 10.1 Å². The van der Waals surface area contributed by atoms with Crippen LogP contribution >= 0.6 is 12.4 Å². The highest BCUT2D eigenvalue weighted by molar-refractivity contribution is 6.48. The minimum Gasteiger partial charge on any atom is -0.404 e. The number of nitrogens with one attached hydrogen (secondary N) is 4. The highest BCUT2D eigenvalue weighted by Gasteiger charge is 2.68. The monoisotopic (exact) mass is 613 g/mol. The molecule has 238 valence electrons. The Kier molecular flexibility index (Phi) is 11.5. The first-order valence-electron chi connectivity index (χ1n) is 15.2. The first kappa shape index (κ1) is 34.3. The van der Waals surface area contributed by atoms with Crippen molar-refractivity contribution in [1.29, 1.82) is 0 Å². The lowest BCUT2D eigenvalue weighted by molar-refractivity contribution is -0.525. The van der Waals surface area contributed by atoms with Crippen LogP contribution in [0.3, 0.4) is 0 Å². The van der Waals surface area contributed by atoms with Crippen LogP contribution in [0.15, 0.2) is 4.99 Å². The van der Waals surface area contributed by atoms with Gasteiger partial charge in [-0.2, -0.15) is 0 Å². The minimum absolute atomic E-state index is 0. The van der Waals surface area contributed by atoms with Crippen molar-refractivity contribution in [2.45, 2.75) is 103 Å². The molecule has 0 radical (unpaired) electrons. The summed E-state index contributed by atoms with van der Waals surface area (Å²) in [7, 11) is -0.565. The molecule has 13 nitrogen and oxygen atoms in total. The van der Waals surface area contributed by atoms with E-state index in [0.717, 1.165) is 25.9 Å². The Bertz CT molecular complexity index is 1010. The number of hydrazine groups is 1. The average molecular weight is 614 g/mol. The third-order valence-corrected chi connectivity index (χ3v) is 9.83. The molecule has 0 unspecified atom stereocenters. The molecule has 2 saturated heterocycles. The number of nitro groups is 1. The second-order valence-corrected chi connectivity index (χ2v) is 13.4. The van der Waals surface area contributed by atoms with Crippen LogP contribution in [0.4, 0.5) is 0 Å². The van der Waals surface area contributed by atoms with Crippen LogP contribution in [-0.4, -0.2) is 73.2 Å². The summed E-state index contributed by atoms with van der Waals surface area (Å²) in [6.45, 7) is 12.7. The van der Waals surface area contributed by atoms with Crippen LogP contribution in [0, 0.1) is 39.2 Å². The Balaban J connectivity index is 0.00000484. The summed E-state index contributed by atoms with van der Waals surface area (Å²) in [6, 6.07) is -0.794. The number of halogens is 1. The zero-order valence-electron chi connectivity index (χ0n) is 25.5. The van der Waals surface area contributed by atoms with Gasteiger partial charge in [0.15, 0.2) is 5.03 Å². The van der Waals surface area contributed by atoms with Crippen LogP contribution in [0.25, 0.3) is 0 Å². The molecule has 2 bridgehead atoms. The Morgan fingerprint density at radius 1 is 1.19 bits per heavy atom. The maximum Gasteiger partial charge on any atom is 0.481 e. The van der Waals surface area contributed by atoms with Gasteiger partial charge in [0, 0.05) is 12.5 Å². The highest BCUT2D eigenvalue weighted by Crippen LogP contribution is 2.65. The van der Waals surface area contributed by atoms with Crippen LogP contribution < -0.4 is 27.1 Å². The number of carbonyl (C=O) groups excluding carboxylic acids is 2. The smallest absolute Gasteiger partial charge is 0.404 e. The zero-order chi connectivity index (χ0) is 29.9. The van der Waals surface area contributed by atoms with Gasteiger partial charge in [-0.15, -0.1) is 12.4 Å². The molecule has 5 fully saturated rings. The van der Waals surface area contributed by atoms with Gasteiger partial charge in [-0.1, -0.05) is 33.1 Å². The lowest BCUT2D eigenvalue weighted by Gasteiger charge is -2.64. The van der Waals surface area contributed by atoms with E-state index >= 15 is 0 Å². The van der Waals surface area contributed by atoms with Crippen LogP contribution in [0.1, 0.15) is 79.6 Å². The summed E-state index contributed by atoms with van der Waals surface area (Å²) in [5.41, 5.74) is 7.15. The van der Waals surface area contributed by atoms with Crippen molar-refractivity contribution >= 4 is 37.3 Å². The van der Waals surface area contributed by atoms with Crippen molar-refractivity contribution in [1.82, 2.24) is 21.4 Å². The first-order chi connectivity index (χ1) is 19.3. The SMILES string of the molecule is CC(C)C[C@H](NC(=O)[C@H](CCCN=C(N)N[N+](=O)[O-])NC(=O)C1CCNCC1)B1O[C@@H]2C[C@@H]3C[C@@H](C3(C)C)[C@]2(C)O1.Cl. The van der Waals surface area contributed by atoms with Crippen molar-refractivity contribution in [3.8, 4) is 0 Å². The van der Waals surface area contributed by atoms with Gasteiger partial charge in [0.25, 0.3) is 5.96 Å². The van der Waals surface area contributed by atoms with E-state index in [4.69, 9.17) is 15.0 Å². The molecule has 2 aliphatic heterocycles. The van der Waals surface area contributed by atoms with E-state index in [1.165, 1.54) is 0 Å². The van der Waals surface area contributed by atoms with Gasteiger partial charge in [-0.05, 0) is 88.1 Å². The number of piperidine rings is 1. The van der Waals surface area contributed by atoms with Gasteiger partial charge in [0.05, 0.1) is 17.6 Å². The number of hydrogen-bond donors (Lipinski definition) is 5. The Labute approximate surface area is 255 Å². The number of hydrogen-bond acceptors (Lipinski definition) is 8. The second kappa shape index (κ2) is 14.1. The van der Waals surface area contributed by atoms with E-state index in [0.29, 0.717) is 43.9 Å². The minimum atomic E-state index is -0.794. The van der Waals surface area contributed by atoms with Gasteiger partial charge in [-0.3, -0.25) is 9.59 Å². The number of nitrogens with zero attached hydrogens (tertiary/aromatic N) is 2. The predicted molar refractivity (Wildman–Crippen MR) is 162 cm³/mol. The van der Waals surface area contributed by atoms with Crippen molar-refractivity contribution < 1.29 is 23.9 Å². The fourth-order valence-electron chi connectivity index (χ4n) is 7.37. The van der Waals surface area contributed by atoms with E-state index < -0.39 is 18.2 Å². The maximum absolute atomic E-state index is 13.7. The molecule has 6 atom stereocenters. The third-order valence-electron chi connectivity index (χ3n) is 9.83.